The molecule has 0 amide bonds. The van der Waals surface area contributed by atoms with E-state index in [9.17, 15) is 8.78 Å². The third-order valence-electron chi connectivity index (χ3n) is 4.82. The molecule has 5 rings (SSSR count). The number of rotatable bonds is 3. The van der Waals surface area contributed by atoms with E-state index in [1.165, 1.54) is 6.07 Å². The number of halogens is 2. The van der Waals surface area contributed by atoms with Crippen molar-refractivity contribution in [3.8, 4) is 17.0 Å². The third kappa shape index (κ3) is 3.75. The fraction of sp³-hybridized carbons (Fsp3) is 0.421. The van der Waals surface area contributed by atoms with Gasteiger partial charge in [-0.25, -0.2) is 23.3 Å². The topological polar surface area (TPSA) is 90.4 Å². The number of nitrogens with two attached hydrogens (primary N) is 1. The summed E-state index contributed by atoms with van der Waals surface area (Å²) >= 11 is 0. The summed E-state index contributed by atoms with van der Waals surface area (Å²) in [4.78, 5) is 8.77. The van der Waals surface area contributed by atoms with Gasteiger partial charge in [0.15, 0.2) is 23.0 Å². The van der Waals surface area contributed by atoms with Crippen LogP contribution in [0.15, 0.2) is 24.5 Å². The predicted octanol–water partition coefficient (Wildman–Crippen LogP) is 2.72. The quantitative estimate of drug-likeness (QED) is 0.717. The molecular formula is C19H22F2N6O. The third-order valence-corrected chi connectivity index (χ3v) is 4.82. The Morgan fingerprint density at radius 1 is 1.25 bits per heavy atom. The van der Waals surface area contributed by atoms with Crippen molar-refractivity contribution in [3.05, 3.63) is 36.0 Å². The number of fused-ring (bicyclic) bond motifs is 1. The molecule has 1 aliphatic heterocycles. The predicted molar refractivity (Wildman–Crippen MR) is 101 cm³/mol. The Bertz CT molecular complexity index is 982. The fourth-order valence-electron chi connectivity index (χ4n) is 3.12. The normalized spacial score (nSPS) is 18.8. The number of hydrogen-bond acceptors (Lipinski definition) is 6. The minimum Gasteiger partial charge on any atom is -0.493 e. The van der Waals surface area contributed by atoms with Gasteiger partial charge in [-0.15, -0.1) is 0 Å². The highest BCUT2D eigenvalue weighted by atomic mass is 19.1. The molecule has 3 aromatic rings. The van der Waals surface area contributed by atoms with Gasteiger partial charge in [-0.2, -0.15) is 5.10 Å². The van der Waals surface area contributed by atoms with Crippen LogP contribution in [0, 0.1) is 5.82 Å². The van der Waals surface area contributed by atoms with Crippen molar-refractivity contribution in [1.29, 1.82) is 0 Å². The number of hydrogen-bond donors (Lipinski definition) is 2. The maximum atomic E-state index is 13.3. The van der Waals surface area contributed by atoms with Crippen LogP contribution in [-0.4, -0.2) is 46.0 Å². The van der Waals surface area contributed by atoms with E-state index in [0.29, 0.717) is 30.2 Å². The lowest BCUT2D eigenvalue weighted by atomic mass is 10.2. The maximum Gasteiger partial charge on any atom is 0.165 e. The highest BCUT2D eigenvalue weighted by Gasteiger charge is 2.29. The lowest BCUT2D eigenvalue weighted by Gasteiger charge is -2.08. The fourth-order valence-corrected chi connectivity index (χ4v) is 3.12. The van der Waals surface area contributed by atoms with Crippen LogP contribution in [-0.2, 0) is 0 Å². The first-order chi connectivity index (χ1) is 13.6. The Balaban J connectivity index is 0.000000275. The van der Waals surface area contributed by atoms with E-state index in [1.54, 1.807) is 23.9 Å². The molecule has 28 heavy (non-hydrogen) atoms. The van der Waals surface area contributed by atoms with Crippen LogP contribution in [0.1, 0.15) is 30.9 Å². The zero-order chi connectivity index (χ0) is 19.7. The van der Waals surface area contributed by atoms with E-state index in [2.05, 4.69) is 15.4 Å². The summed E-state index contributed by atoms with van der Waals surface area (Å²) in [6.07, 6.45) is 5.84. The van der Waals surface area contributed by atoms with E-state index in [0.717, 1.165) is 36.4 Å². The van der Waals surface area contributed by atoms with Gasteiger partial charge in [0.25, 0.3) is 0 Å². The SMILES string of the molecule is COc1cn2ncc(-c3ccc(F)c(N)n3)c2nc1C1CC1.FC1CCNC1. The van der Waals surface area contributed by atoms with Crippen molar-refractivity contribution in [1.82, 2.24) is 24.9 Å². The highest BCUT2D eigenvalue weighted by molar-refractivity contribution is 5.75. The Morgan fingerprint density at radius 2 is 2.07 bits per heavy atom. The first kappa shape index (κ1) is 18.5. The van der Waals surface area contributed by atoms with Gasteiger partial charge >= 0.3 is 0 Å². The van der Waals surface area contributed by atoms with Crippen LogP contribution in [0.2, 0.25) is 0 Å². The molecule has 0 spiro atoms. The van der Waals surface area contributed by atoms with Crippen LogP contribution in [0.25, 0.3) is 16.9 Å². The average molecular weight is 388 g/mol. The molecule has 2 fully saturated rings. The molecule has 0 radical (unpaired) electrons. The zero-order valence-corrected chi connectivity index (χ0v) is 15.5. The lowest BCUT2D eigenvalue weighted by Crippen LogP contribution is -2.08. The molecule has 1 saturated heterocycles. The smallest absolute Gasteiger partial charge is 0.165 e. The second-order valence-corrected chi connectivity index (χ2v) is 6.95. The second-order valence-electron chi connectivity index (χ2n) is 6.95. The molecule has 0 bridgehead atoms. The van der Waals surface area contributed by atoms with E-state index in [-0.39, 0.29) is 5.82 Å². The number of nitrogens with zero attached hydrogens (tertiary/aromatic N) is 4. The summed E-state index contributed by atoms with van der Waals surface area (Å²) in [7, 11) is 1.63. The van der Waals surface area contributed by atoms with Crippen LogP contribution in [0.4, 0.5) is 14.6 Å². The monoisotopic (exact) mass is 388 g/mol. The number of alkyl halides is 1. The Morgan fingerprint density at radius 3 is 2.64 bits per heavy atom. The molecular weight excluding hydrogens is 366 g/mol. The van der Waals surface area contributed by atoms with Crippen molar-refractivity contribution in [3.63, 3.8) is 0 Å². The van der Waals surface area contributed by atoms with Gasteiger partial charge in [0.05, 0.1) is 36.5 Å². The summed E-state index contributed by atoms with van der Waals surface area (Å²) in [5, 5.41) is 7.17. The summed E-state index contributed by atoms with van der Waals surface area (Å²) < 4.78 is 32.2. The van der Waals surface area contributed by atoms with Crippen molar-refractivity contribution >= 4 is 11.5 Å². The molecule has 1 aliphatic carbocycles. The van der Waals surface area contributed by atoms with Gasteiger partial charge in [0, 0.05) is 12.5 Å². The van der Waals surface area contributed by atoms with Crippen LogP contribution < -0.4 is 15.8 Å². The maximum absolute atomic E-state index is 13.3. The molecule has 2 aliphatic rings. The Kier molecular flexibility index (Phi) is 5.08. The minimum absolute atomic E-state index is 0.132. The molecule has 9 heteroatoms. The molecule has 148 valence electrons. The molecule has 7 nitrogen and oxygen atoms in total. The number of pyridine rings is 1. The number of ether oxygens (including phenoxy) is 1. The van der Waals surface area contributed by atoms with Crippen molar-refractivity contribution < 1.29 is 13.5 Å². The van der Waals surface area contributed by atoms with Gasteiger partial charge in [-0.05, 0) is 37.9 Å². The van der Waals surface area contributed by atoms with E-state index in [4.69, 9.17) is 15.5 Å². The van der Waals surface area contributed by atoms with Crippen molar-refractivity contribution in [2.45, 2.75) is 31.4 Å². The van der Waals surface area contributed by atoms with Gasteiger partial charge in [0.1, 0.15) is 6.17 Å². The lowest BCUT2D eigenvalue weighted by molar-refractivity contribution is 0.361. The number of aromatic nitrogens is 4. The largest absolute Gasteiger partial charge is 0.493 e. The van der Waals surface area contributed by atoms with E-state index < -0.39 is 12.0 Å². The van der Waals surface area contributed by atoms with Crippen molar-refractivity contribution in [2.75, 3.05) is 25.9 Å². The molecule has 1 atom stereocenters. The summed E-state index contributed by atoms with van der Waals surface area (Å²) in [6, 6.07) is 2.87. The van der Waals surface area contributed by atoms with Gasteiger partial charge < -0.3 is 15.8 Å². The molecule has 4 heterocycles. The summed E-state index contributed by atoms with van der Waals surface area (Å²) in [5.74, 6) is 0.506. The van der Waals surface area contributed by atoms with Gasteiger partial charge in [-0.1, -0.05) is 0 Å². The first-order valence-corrected chi connectivity index (χ1v) is 9.26. The van der Waals surface area contributed by atoms with Crippen molar-refractivity contribution in [2.24, 2.45) is 0 Å². The van der Waals surface area contributed by atoms with E-state index in [1.807, 2.05) is 6.20 Å². The zero-order valence-electron chi connectivity index (χ0n) is 15.5. The van der Waals surface area contributed by atoms with Crippen LogP contribution >= 0.6 is 0 Å². The number of anilines is 1. The summed E-state index contributed by atoms with van der Waals surface area (Å²) in [6.45, 7) is 1.43. The second kappa shape index (κ2) is 7.67. The minimum atomic E-state index is -0.565. The molecule has 3 aromatic heterocycles. The van der Waals surface area contributed by atoms with Gasteiger partial charge in [0.2, 0.25) is 0 Å². The summed E-state index contributed by atoms with van der Waals surface area (Å²) in [5.41, 5.74) is 8.42. The highest BCUT2D eigenvalue weighted by Crippen LogP contribution is 2.43. The standard InChI is InChI=1S/C15H14FN5O.C4H8FN/c1-22-12-7-21-15(20-13(12)8-2-3-8)9(6-18-21)11-5-4-10(16)14(17)19-11;5-4-1-2-6-3-4/h4-8H,2-3H2,1H3,(H2,17,19);4,6H,1-3H2. The Labute approximate surface area is 160 Å². The average Bonchev–Trinajstić information content (AvgIpc) is 3.29. The Hall–Kier alpha value is -2.81. The molecule has 3 N–H and O–H groups in total. The molecule has 0 aromatic carbocycles. The number of methoxy groups -OCH3 is 1. The van der Waals surface area contributed by atoms with Gasteiger partial charge in [-0.3, -0.25) is 0 Å². The van der Waals surface area contributed by atoms with Crippen LogP contribution in [0.3, 0.4) is 0 Å². The van der Waals surface area contributed by atoms with Crippen LogP contribution in [0.5, 0.6) is 5.75 Å². The number of nitrogens with one attached hydrogen (secondary N) is 1. The molecule has 1 unspecified atom stereocenters. The first-order valence-electron chi connectivity index (χ1n) is 9.26. The molecule has 1 saturated carbocycles. The number of nitrogen functional groups attached to an aromatic ring is 1. The van der Waals surface area contributed by atoms with E-state index >= 15 is 0 Å².